The molecule has 1 aromatic heterocycles. The van der Waals surface area contributed by atoms with Crippen LogP contribution in [0, 0.1) is 12.3 Å². The maximum absolute atomic E-state index is 11.7. The molecule has 0 atom stereocenters. The fourth-order valence-corrected chi connectivity index (χ4v) is 1.55. The number of rotatable bonds is 6. The molecule has 0 fully saturated rings. The highest BCUT2D eigenvalue weighted by Gasteiger charge is 2.26. The number of hydrogen-bond donors (Lipinski definition) is 2. The second kappa shape index (κ2) is 5.71. The van der Waals surface area contributed by atoms with E-state index in [0.29, 0.717) is 30.7 Å². The first kappa shape index (κ1) is 14.3. The van der Waals surface area contributed by atoms with Crippen molar-refractivity contribution in [1.29, 1.82) is 0 Å². The minimum atomic E-state index is -0.820. The third-order valence-corrected chi connectivity index (χ3v) is 2.95. The van der Waals surface area contributed by atoms with Gasteiger partial charge >= 0.3 is 5.97 Å². The number of furan rings is 1. The highest BCUT2D eigenvalue weighted by atomic mass is 16.4. The summed E-state index contributed by atoms with van der Waals surface area (Å²) >= 11 is 0. The summed E-state index contributed by atoms with van der Waals surface area (Å²) in [7, 11) is 0. The van der Waals surface area contributed by atoms with E-state index < -0.39 is 11.4 Å². The van der Waals surface area contributed by atoms with Crippen LogP contribution in [0.3, 0.4) is 0 Å². The Morgan fingerprint density at radius 3 is 2.61 bits per heavy atom. The minimum absolute atomic E-state index is 0.186. The summed E-state index contributed by atoms with van der Waals surface area (Å²) in [5.41, 5.74) is -0.233. The number of amides is 1. The molecule has 0 saturated heterocycles. The molecule has 0 aromatic carbocycles. The van der Waals surface area contributed by atoms with Gasteiger partial charge in [0.2, 0.25) is 0 Å². The van der Waals surface area contributed by atoms with Crippen molar-refractivity contribution < 1.29 is 19.1 Å². The number of aryl methyl sites for hydroxylation is 1. The van der Waals surface area contributed by atoms with Crippen molar-refractivity contribution in [2.24, 2.45) is 5.41 Å². The number of nitrogens with one attached hydrogen (secondary N) is 1. The van der Waals surface area contributed by atoms with Crippen LogP contribution < -0.4 is 5.32 Å². The highest BCUT2D eigenvalue weighted by Crippen LogP contribution is 2.21. The van der Waals surface area contributed by atoms with E-state index in [0.717, 1.165) is 0 Å². The minimum Gasteiger partial charge on any atom is -0.481 e. The first-order chi connectivity index (χ1) is 8.34. The number of carbonyl (C=O) groups is 2. The summed E-state index contributed by atoms with van der Waals surface area (Å²) in [6.07, 6.45) is 2.62. The highest BCUT2D eigenvalue weighted by molar-refractivity contribution is 5.94. The standard InChI is InChI=1S/C13H19NO4/c1-9-10(5-8-18-9)11(15)14-7-4-6-13(2,3)12(16)17/h5,8H,4,6-7H2,1-3H3,(H,14,15)(H,16,17). The molecule has 0 aliphatic rings. The normalized spacial score (nSPS) is 11.3. The lowest BCUT2D eigenvalue weighted by molar-refractivity contribution is -0.147. The monoisotopic (exact) mass is 253 g/mol. The van der Waals surface area contributed by atoms with Gasteiger partial charge in [-0.3, -0.25) is 9.59 Å². The van der Waals surface area contributed by atoms with E-state index in [9.17, 15) is 9.59 Å². The zero-order valence-electron chi connectivity index (χ0n) is 10.9. The third-order valence-electron chi connectivity index (χ3n) is 2.95. The van der Waals surface area contributed by atoms with Gasteiger partial charge in [-0.1, -0.05) is 0 Å². The lowest BCUT2D eigenvalue weighted by atomic mass is 9.88. The summed E-state index contributed by atoms with van der Waals surface area (Å²) in [5, 5.41) is 11.7. The Morgan fingerprint density at radius 1 is 1.44 bits per heavy atom. The van der Waals surface area contributed by atoms with Crippen molar-refractivity contribution >= 4 is 11.9 Å². The van der Waals surface area contributed by atoms with Crippen molar-refractivity contribution in [3.63, 3.8) is 0 Å². The van der Waals surface area contributed by atoms with Gasteiger partial charge in [-0.2, -0.15) is 0 Å². The van der Waals surface area contributed by atoms with Gasteiger partial charge in [0.25, 0.3) is 5.91 Å². The first-order valence-corrected chi connectivity index (χ1v) is 5.90. The molecular formula is C13H19NO4. The summed E-state index contributed by atoms with van der Waals surface area (Å²) in [4.78, 5) is 22.6. The summed E-state index contributed by atoms with van der Waals surface area (Å²) in [6.45, 7) is 5.54. The number of carbonyl (C=O) groups excluding carboxylic acids is 1. The fourth-order valence-electron chi connectivity index (χ4n) is 1.55. The fraction of sp³-hybridized carbons (Fsp3) is 0.538. The van der Waals surface area contributed by atoms with E-state index in [1.165, 1.54) is 6.26 Å². The van der Waals surface area contributed by atoms with E-state index in [2.05, 4.69) is 5.32 Å². The van der Waals surface area contributed by atoms with E-state index in [1.54, 1.807) is 26.8 Å². The largest absolute Gasteiger partial charge is 0.481 e. The Morgan fingerprint density at radius 2 is 2.11 bits per heavy atom. The van der Waals surface area contributed by atoms with E-state index in [4.69, 9.17) is 9.52 Å². The quantitative estimate of drug-likeness (QED) is 0.762. The molecule has 100 valence electrons. The molecule has 0 radical (unpaired) electrons. The van der Waals surface area contributed by atoms with Gasteiger partial charge in [-0.25, -0.2) is 0 Å². The second-order valence-electron chi connectivity index (χ2n) is 4.94. The second-order valence-corrected chi connectivity index (χ2v) is 4.94. The van der Waals surface area contributed by atoms with Crippen molar-refractivity contribution in [2.75, 3.05) is 6.54 Å². The van der Waals surface area contributed by atoms with Crippen LogP contribution in [0.25, 0.3) is 0 Å². The van der Waals surface area contributed by atoms with Gasteiger partial charge < -0.3 is 14.8 Å². The average Bonchev–Trinajstić information content (AvgIpc) is 2.70. The van der Waals surface area contributed by atoms with Gasteiger partial charge in [0.1, 0.15) is 5.76 Å². The number of hydrogen-bond acceptors (Lipinski definition) is 3. The Kier molecular flexibility index (Phi) is 4.53. The van der Waals surface area contributed by atoms with Crippen LogP contribution in [-0.2, 0) is 4.79 Å². The maximum atomic E-state index is 11.7. The molecule has 1 rings (SSSR count). The first-order valence-electron chi connectivity index (χ1n) is 5.90. The van der Waals surface area contributed by atoms with Gasteiger partial charge in [-0.05, 0) is 39.7 Å². The van der Waals surface area contributed by atoms with Crippen molar-refractivity contribution in [1.82, 2.24) is 5.32 Å². The molecule has 2 N–H and O–H groups in total. The molecule has 0 spiro atoms. The van der Waals surface area contributed by atoms with Gasteiger partial charge in [0, 0.05) is 6.54 Å². The molecule has 1 heterocycles. The smallest absolute Gasteiger partial charge is 0.309 e. The van der Waals surface area contributed by atoms with Crippen LogP contribution >= 0.6 is 0 Å². The predicted molar refractivity (Wildman–Crippen MR) is 66.4 cm³/mol. The summed E-state index contributed by atoms with van der Waals surface area (Å²) < 4.78 is 5.04. The SMILES string of the molecule is Cc1occc1C(=O)NCCCC(C)(C)C(=O)O. The van der Waals surface area contributed by atoms with Crippen LogP contribution in [0.4, 0.5) is 0 Å². The van der Waals surface area contributed by atoms with E-state index in [1.807, 2.05) is 0 Å². The summed E-state index contributed by atoms with van der Waals surface area (Å²) in [5.74, 6) is -0.424. The molecular weight excluding hydrogens is 234 g/mol. The molecule has 18 heavy (non-hydrogen) atoms. The third kappa shape index (κ3) is 3.61. The van der Waals surface area contributed by atoms with E-state index >= 15 is 0 Å². The number of aliphatic carboxylic acids is 1. The van der Waals surface area contributed by atoms with Gasteiger partial charge in [0.15, 0.2) is 0 Å². The Bertz CT molecular complexity index is 434. The van der Waals surface area contributed by atoms with E-state index in [-0.39, 0.29) is 5.91 Å². The van der Waals surface area contributed by atoms with Crippen molar-refractivity contribution in [3.8, 4) is 0 Å². The molecule has 1 amide bonds. The molecule has 5 nitrogen and oxygen atoms in total. The Hall–Kier alpha value is -1.78. The zero-order valence-corrected chi connectivity index (χ0v) is 10.9. The predicted octanol–water partition coefficient (Wildman–Crippen LogP) is 2.21. The summed E-state index contributed by atoms with van der Waals surface area (Å²) in [6, 6.07) is 1.62. The van der Waals surface area contributed by atoms with Crippen molar-refractivity contribution in [3.05, 3.63) is 23.7 Å². The topological polar surface area (TPSA) is 79.5 Å². The Labute approximate surface area is 106 Å². The zero-order chi connectivity index (χ0) is 13.8. The van der Waals surface area contributed by atoms with Crippen LogP contribution in [-0.4, -0.2) is 23.5 Å². The van der Waals surface area contributed by atoms with Crippen LogP contribution in [0.5, 0.6) is 0 Å². The molecule has 0 bridgehead atoms. The Balaban J connectivity index is 2.33. The lowest BCUT2D eigenvalue weighted by Crippen LogP contribution is -2.28. The molecule has 0 saturated carbocycles. The van der Waals surface area contributed by atoms with Gasteiger partial charge in [-0.15, -0.1) is 0 Å². The molecule has 1 aromatic rings. The van der Waals surface area contributed by atoms with Crippen LogP contribution in [0.1, 0.15) is 42.8 Å². The molecule has 5 heteroatoms. The average molecular weight is 253 g/mol. The molecule has 0 aliphatic heterocycles. The van der Waals surface area contributed by atoms with Crippen LogP contribution in [0.2, 0.25) is 0 Å². The van der Waals surface area contributed by atoms with Crippen molar-refractivity contribution in [2.45, 2.75) is 33.6 Å². The maximum Gasteiger partial charge on any atom is 0.309 e. The van der Waals surface area contributed by atoms with Gasteiger partial charge in [0.05, 0.1) is 17.2 Å². The molecule has 0 aliphatic carbocycles. The number of carboxylic acids is 1. The lowest BCUT2D eigenvalue weighted by Gasteiger charge is -2.18. The number of carboxylic acid groups (broad SMARTS) is 1. The molecule has 0 unspecified atom stereocenters. The van der Waals surface area contributed by atoms with Crippen LogP contribution in [0.15, 0.2) is 16.7 Å².